The Kier molecular flexibility index (Phi) is 4.80. The molecule has 0 spiro atoms. The molecular formula is C19H14BrN5O2. The van der Waals surface area contributed by atoms with Gasteiger partial charge in [-0.1, -0.05) is 39.3 Å². The molecule has 0 bridgehead atoms. The Morgan fingerprint density at radius 3 is 2.81 bits per heavy atom. The molecule has 7 nitrogen and oxygen atoms in total. The van der Waals surface area contributed by atoms with E-state index in [9.17, 15) is 4.79 Å². The first-order valence-electron chi connectivity index (χ1n) is 8.15. The highest BCUT2D eigenvalue weighted by molar-refractivity contribution is 9.10. The molecule has 0 saturated carbocycles. The van der Waals surface area contributed by atoms with Crippen LogP contribution in [0, 0.1) is 0 Å². The summed E-state index contributed by atoms with van der Waals surface area (Å²) >= 11 is 3.39. The van der Waals surface area contributed by atoms with Crippen molar-refractivity contribution in [2.45, 2.75) is 6.54 Å². The Hall–Kier alpha value is -3.26. The average molecular weight is 424 g/mol. The molecule has 2 heterocycles. The van der Waals surface area contributed by atoms with Gasteiger partial charge in [0.15, 0.2) is 0 Å². The van der Waals surface area contributed by atoms with Crippen molar-refractivity contribution in [3.63, 3.8) is 0 Å². The first-order valence-corrected chi connectivity index (χ1v) is 8.94. The fourth-order valence-corrected chi connectivity index (χ4v) is 2.91. The molecule has 0 aliphatic heterocycles. The van der Waals surface area contributed by atoms with Crippen LogP contribution in [-0.2, 0) is 11.3 Å². The summed E-state index contributed by atoms with van der Waals surface area (Å²) < 4.78 is 8.16. The average Bonchev–Trinajstić information content (AvgIpc) is 3.06. The number of hydrogen-bond acceptors (Lipinski definition) is 5. The lowest BCUT2D eigenvalue weighted by atomic mass is 10.3. The number of hydrogen-bond donors (Lipinski definition) is 1. The molecule has 0 saturated heterocycles. The van der Waals surface area contributed by atoms with E-state index < -0.39 is 0 Å². The van der Waals surface area contributed by atoms with Crippen LogP contribution in [0.15, 0.2) is 71.3 Å². The van der Waals surface area contributed by atoms with E-state index in [1.807, 2.05) is 48.5 Å². The van der Waals surface area contributed by atoms with Gasteiger partial charge in [-0.15, -0.1) is 5.10 Å². The van der Waals surface area contributed by atoms with E-state index in [-0.39, 0.29) is 12.5 Å². The maximum Gasteiger partial charge on any atom is 0.246 e. The number of anilines is 1. The van der Waals surface area contributed by atoms with Gasteiger partial charge in [0.05, 0.1) is 17.4 Å². The maximum absolute atomic E-state index is 12.3. The number of nitrogens with one attached hydrogen (secondary N) is 1. The summed E-state index contributed by atoms with van der Waals surface area (Å²) in [5, 5.41) is 10.8. The van der Waals surface area contributed by atoms with Crippen LogP contribution in [0.5, 0.6) is 11.6 Å². The Morgan fingerprint density at radius 2 is 2.00 bits per heavy atom. The molecule has 0 atom stereocenters. The van der Waals surface area contributed by atoms with Crippen molar-refractivity contribution >= 4 is 38.6 Å². The summed E-state index contributed by atoms with van der Waals surface area (Å²) in [6.07, 6.45) is 1.55. The van der Waals surface area contributed by atoms with Gasteiger partial charge in [-0.05, 0) is 36.4 Å². The lowest BCUT2D eigenvalue weighted by Gasteiger charge is -2.08. The van der Waals surface area contributed by atoms with Crippen molar-refractivity contribution in [2.75, 3.05) is 5.32 Å². The summed E-state index contributed by atoms with van der Waals surface area (Å²) in [6.45, 7) is 0.0663. The van der Waals surface area contributed by atoms with Gasteiger partial charge < -0.3 is 10.1 Å². The quantitative estimate of drug-likeness (QED) is 0.524. The van der Waals surface area contributed by atoms with Crippen molar-refractivity contribution in [1.29, 1.82) is 0 Å². The molecule has 8 heteroatoms. The Morgan fingerprint density at radius 1 is 1.11 bits per heavy atom. The highest BCUT2D eigenvalue weighted by atomic mass is 79.9. The van der Waals surface area contributed by atoms with E-state index in [0.29, 0.717) is 17.3 Å². The van der Waals surface area contributed by atoms with Gasteiger partial charge in [-0.2, -0.15) is 0 Å². The second kappa shape index (κ2) is 7.55. The van der Waals surface area contributed by atoms with Crippen molar-refractivity contribution in [1.82, 2.24) is 20.0 Å². The monoisotopic (exact) mass is 423 g/mol. The highest BCUT2D eigenvalue weighted by Gasteiger charge is 2.09. The third-order valence-electron chi connectivity index (χ3n) is 3.75. The van der Waals surface area contributed by atoms with E-state index in [1.165, 1.54) is 0 Å². The minimum Gasteiger partial charge on any atom is -0.439 e. The number of benzene rings is 2. The van der Waals surface area contributed by atoms with Crippen LogP contribution in [0.4, 0.5) is 5.69 Å². The lowest BCUT2D eigenvalue weighted by Crippen LogP contribution is -2.19. The molecule has 4 rings (SSSR count). The molecule has 1 N–H and O–H groups in total. The molecule has 4 aromatic rings. The zero-order valence-electron chi connectivity index (χ0n) is 14.0. The van der Waals surface area contributed by atoms with Gasteiger partial charge in [-0.3, -0.25) is 4.79 Å². The van der Waals surface area contributed by atoms with E-state index >= 15 is 0 Å². The molecule has 0 unspecified atom stereocenters. The molecule has 0 fully saturated rings. The summed E-state index contributed by atoms with van der Waals surface area (Å²) in [7, 11) is 0. The highest BCUT2D eigenvalue weighted by Crippen LogP contribution is 2.23. The normalized spacial score (nSPS) is 10.7. The van der Waals surface area contributed by atoms with Crippen molar-refractivity contribution < 1.29 is 9.53 Å². The minimum absolute atomic E-state index is 0.0663. The van der Waals surface area contributed by atoms with E-state index in [2.05, 4.69) is 36.5 Å². The van der Waals surface area contributed by atoms with Gasteiger partial charge in [0, 0.05) is 10.5 Å². The number of aromatic nitrogens is 4. The number of carbonyl (C=O) groups excluding carboxylic acids is 1. The Bertz CT molecular complexity index is 1090. The fourth-order valence-electron chi connectivity index (χ4n) is 2.54. The van der Waals surface area contributed by atoms with E-state index in [1.54, 1.807) is 23.0 Å². The molecule has 2 aromatic heterocycles. The van der Waals surface area contributed by atoms with Crippen LogP contribution in [-0.4, -0.2) is 25.9 Å². The predicted octanol–water partition coefficient (Wildman–Crippen LogP) is 4.02. The van der Waals surface area contributed by atoms with Gasteiger partial charge in [0.2, 0.25) is 11.8 Å². The number of pyridine rings is 1. The SMILES string of the molecule is O=C(Cn1nnc2ccccc21)Nc1ccc(Oc2cccc(Br)c2)nc1. The zero-order chi connectivity index (χ0) is 18.6. The van der Waals surface area contributed by atoms with Gasteiger partial charge in [-0.25, -0.2) is 9.67 Å². The van der Waals surface area contributed by atoms with Crippen LogP contribution in [0.1, 0.15) is 0 Å². The summed E-state index contributed by atoms with van der Waals surface area (Å²) in [6, 6.07) is 18.4. The topological polar surface area (TPSA) is 81.9 Å². The number of ether oxygens (including phenoxy) is 1. The van der Waals surface area contributed by atoms with Crippen molar-refractivity contribution in [3.8, 4) is 11.6 Å². The molecule has 1 amide bonds. The van der Waals surface area contributed by atoms with Crippen LogP contribution >= 0.6 is 15.9 Å². The number of rotatable bonds is 5. The summed E-state index contributed by atoms with van der Waals surface area (Å²) in [5.41, 5.74) is 2.13. The molecular weight excluding hydrogens is 410 g/mol. The van der Waals surface area contributed by atoms with Gasteiger partial charge >= 0.3 is 0 Å². The van der Waals surface area contributed by atoms with Gasteiger partial charge in [0.25, 0.3) is 0 Å². The molecule has 2 aromatic carbocycles. The zero-order valence-corrected chi connectivity index (χ0v) is 15.6. The first-order chi connectivity index (χ1) is 13.2. The molecule has 0 radical (unpaired) electrons. The second-order valence-electron chi connectivity index (χ2n) is 5.73. The number of amides is 1. The van der Waals surface area contributed by atoms with Crippen molar-refractivity contribution in [2.24, 2.45) is 0 Å². The molecule has 0 aliphatic carbocycles. The Labute approximate surface area is 163 Å². The van der Waals surface area contributed by atoms with Crippen molar-refractivity contribution in [3.05, 3.63) is 71.3 Å². The Balaban J connectivity index is 1.40. The third kappa shape index (κ3) is 4.12. The second-order valence-corrected chi connectivity index (χ2v) is 6.64. The van der Waals surface area contributed by atoms with Crippen LogP contribution in [0.3, 0.4) is 0 Å². The molecule has 0 aliphatic rings. The fraction of sp³-hybridized carbons (Fsp3) is 0.0526. The minimum atomic E-state index is -0.215. The standard InChI is InChI=1S/C19H14BrN5O2/c20-13-4-3-5-15(10-13)27-19-9-8-14(11-21-19)22-18(26)12-25-17-7-2-1-6-16(17)23-24-25/h1-11H,12H2,(H,22,26). The predicted molar refractivity (Wildman–Crippen MR) is 105 cm³/mol. The number of para-hydroxylation sites is 1. The van der Waals surface area contributed by atoms with Crippen LogP contribution in [0.2, 0.25) is 0 Å². The number of nitrogens with zero attached hydrogens (tertiary/aromatic N) is 4. The number of halogens is 1. The lowest BCUT2D eigenvalue weighted by molar-refractivity contribution is -0.116. The maximum atomic E-state index is 12.3. The van der Waals surface area contributed by atoms with Crippen LogP contribution < -0.4 is 10.1 Å². The number of carbonyl (C=O) groups is 1. The molecule has 27 heavy (non-hydrogen) atoms. The molecule has 134 valence electrons. The smallest absolute Gasteiger partial charge is 0.246 e. The first kappa shape index (κ1) is 17.2. The van der Waals surface area contributed by atoms with E-state index in [4.69, 9.17) is 4.74 Å². The summed E-state index contributed by atoms with van der Waals surface area (Å²) in [5.74, 6) is 0.896. The summed E-state index contributed by atoms with van der Waals surface area (Å²) in [4.78, 5) is 16.5. The third-order valence-corrected chi connectivity index (χ3v) is 4.25. The largest absolute Gasteiger partial charge is 0.439 e. The van der Waals surface area contributed by atoms with Crippen LogP contribution in [0.25, 0.3) is 11.0 Å². The number of fused-ring (bicyclic) bond motifs is 1. The van der Waals surface area contributed by atoms with Gasteiger partial charge in [0.1, 0.15) is 17.8 Å². The van der Waals surface area contributed by atoms with E-state index in [0.717, 1.165) is 15.5 Å².